The molecule has 0 saturated carbocycles. The fraction of sp³-hybridized carbons (Fsp3) is 0.500. The van der Waals surface area contributed by atoms with Gasteiger partial charge in [0.25, 0.3) is 0 Å². The van der Waals surface area contributed by atoms with E-state index in [9.17, 15) is 18.0 Å². The van der Waals surface area contributed by atoms with Gasteiger partial charge in [-0.2, -0.15) is 0 Å². The van der Waals surface area contributed by atoms with Gasteiger partial charge in [0.2, 0.25) is 21.8 Å². The van der Waals surface area contributed by atoms with Crippen molar-refractivity contribution >= 4 is 27.5 Å². The molecule has 204 valence electrons. The van der Waals surface area contributed by atoms with Crippen LogP contribution < -0.4 is 14.4 Å². The highest BCUT2D eigenvalue weighted by Crippen LogP contribution is 2.30. The van der Waals surface area contributed by atoms with Gasteiger partial charge in [-0.25, -0.2) is 8.42 Å². The molecule has 0 heterocycles. The topological polar surface area (TPSA) is 96.0 Å². The molecule has 2 aromatic rings. The number of carbonyl (C=O) groups is 2. The highest BCUT2D eigenvalue weighted by atomic mass is 32.2. The average molecular weight is 532 g/mol. The fourth-order valence-corrected chi connectivity index (χ4v) is 5.01. The lowest BCUT2D eigenvalue weighted by molar-refractivity contribution is -0.141. The van der Waals surface area contributed by atoms with Crippen molar-refractivity contribution in [1.29, 1.82) is 0 Å². The van der Waals surface area contributed by atoms with Crippen molar-refractivity contribution in [3.8, 4) is 5.75 Å². The minimum absolute atomic E-state index is 0.101. The van der Waals surface area contributed by atoms with E-state index in [0.29, 0.717) is 49.9 Å². The van der Waals surface area contributed by atoms with Crippen molar-refractivity contribution in [1.82, 2.24) is 10.2 Å². The molecule has 0 aliphatic rings. The van der Waals surface area contributed by atoms with E-state index < -0.39 is 16.1 Å². The maximum Gasteiger partial charge on any atom is 0.242 e. The van der Waals surface area contributed by atoms with Gasteiger partial charge in [-0.3, -0.25) is 13.9 Å². The summed E-state index contributed by atoms with van der Waals surface area (Å²) in [4.78, 5) is 28.1. The van der Waals surface area contributed by atoms with Crippen LogP contribution in [0.15, 0.2) is 54.6 Å². The molecule has 0 unspecified atom stereocenters. The molecular weight excluding hydrogens is 490 g/mol. The smallest absolute Gasteiger partial charge is 0.242 e. The van der Waals surface area contributed by atoms with Crippen LogP contribution in [0.3, 0.4) is 0 Å². The number of amides is 2. The number of nitrogens with one attached hydrogen (secondary N) is 1. The van der Waals surface area contributed by atoms with Gasteiger partial charge >= 0.3 is 0 Å². The summed E-state index contributed by atoms with van der Waals surface area (Å²) < 4.78 is 32.2. The van der Waals surface area contributed by atoms with Gasteiger partial charge in [-0.05, 0) is 43.4 Å². The first-order valence-corrected chi connectivity index (χ1v) is 14.7. The van der Waals surface area contributed by atoms with Gasteiger partial charge in [0.05, 0.1) is 18.6 Å². The second kappa shape index (κ2) is 14.6. The van der Waals surface area contributed by atoms with E-state index in [0.717, 1.165) is 11.8 Å². The Morgan fingerprint density at radius 2 is 1.65 bits per heavy atom. The van der Waals surface area contributed by atoms with Gasteiger partial charge in [-0.1, -0.05) is 63.2 Å². The molecule has 8 nitrogen and oxygen atoms in total. The van der Waals surface area contributed by atoms with E-state index in [1.165, 1.54) is 4.31 Å². The highest BCUT2D eigenvalue weighted by Gasteiger charge is 2.29. The molecule has 37 heavy (non-hydrogen) atoms. The zero-order chi connectivity index (χ0) is 27.4. The summed E-state index contributed by atoms with van der Waals surface area (Å²) in [6.45, 7) is 9.12. The molecule has 1 N–H and O–H groups in total. The molecule has 2 rings (SSSR count). The van der Waals surface area contributed by atoms with Crippen LogP contribution in [-0.4, -0.2) is 57.1 Å². The lowest BCUT2D eigenvalue weighted by atomic mass is 10.1. The molecule has 0 aliphatic carbocycles. The average Bonchev–Trinajstić information content (AvgIpc) is 2.85. The third-order valence-electron chi connectivity index (χ3n) is 5.85. The second-order valence-corrected chi connectivity index (χ2v) is 11.3. The number of hydrogen-bond donors (Lipinski definition) is 1. The molecule has 9 heteroatoms. The van der Waals surface area contributed by atoms with Crippen molar-refractivity contribution in [3.05, 3.63) is 60.2 Å². The lowest BCUT2D eigenvalue weighted by Crippen LogP contribution is -2.49. The predicted molar refractivity (Wildman–Crippen MR) is 148 cm³/mol. The number of anilines is 1. The summed E-state index contributed by atoms with van der Waals surface area (Å²) >= 11 is 0. The quantitative estimate of drug-likeness (QED) is 0.371. The number of benzene rings is 2. The SMILES string of the molecule is CCOc1ccccc1N(CCCC(=O)N(Cc1ccccc1)[C@@H](CC)C(=O)NCC(C)C)S(C)(=O)=O. The van der Waals surface area contributed by atoms with Crippen LogP contribution in [-0.2, 0) is 26.2 Å². The molecule has 0 radical (unpaired) electrons. The molecule has 2 aromatic carbocycles. The van der Waals surface area contributed by atoms with Crippen LogP contribution >= 0.6 is 0 Å². The maximum atomic E-state index is 13.5. The van der Waals surface area contributed by atoms with Crippen LogP contribution in [0.1, 0.15) is 52.5 Å². The molecule has 0 aromatic heterocycles. The van der Waals surface area contributed by atoms with E-state index >= 15 is 0 Å². The predicted octanol–water partition coefficient (Wildman–Crippen LogP) is 4.21. The zero-order valence-electron chi connectivity index (χ0n) is 22.6. The first-order valence-electron chi connectivity index (χ1n) is 12.9. The maximum absolute atomic E-state index is 13.5. The first-order chi connectivity index (χ1) is 17.6. The molecular formula is C28H41N3O5S. The van der Waals surface area contributed by atoms with Crippen molar-refractivity contribution in [2.24, 2.45) is 5.92 Å². The third-order valence-corrected chi connectivity index (χ3v) is 7.03. The van der Waals surface area contributed by atoms with Crippen molar-refractivity contribution in [2.75, 3.05) is 30.3 Å². The Hall–Kier alpha value is -3.07. The summed E-state index contributed by atoms with van der Waals surface area (Å²) in [7, 11) is -3.61. The summed E-state index contributed by atoms with van der Waals surface area (Å²) in [6.07, 6.45) is 2.01. The lowest BCUT2D eigenvalue weighted by Gasteiger charge is -2.31. The monoisotopic (exact) mass is 531 g/mol. The number of nitrogens with zero attached hydrogens (tertiary/aromatic N) is 2. The Kier molecular flexibility index (Phi) is 11.9. The minimum atomic E-state index is -3.61. The molecule has 1 atom stereocenters. The van der Waals surface area contributed by atoms with Crippen molar-refractivity contribution in [2.45, 2.75) is 59.5 Å². The number of para-hydroxylation sites is 2. The van der Waals surface area contributed by atoms with E-state index in [1.54, 1.807) is 29.2 Å². The number of hydrogen-bond acceptors (Lipinski definition) is 5. The Morgan fingerprint density at radius 3 is 2.24 bits per heavy atom. The second-order valence-electron chi connectivity index (χ2n) is 9.41. The Labute approximate surface area is 222 Å². The zero-order valence-corrected chi connectivity index (χ0v) is 23.5. The highest BCUT2D eigenvalue weighted by molar-refractivity contribution is 7.92. The summed E-state index contributed by atoms with van der Waals surface area (Å²) in [5.74, 6) is 0.396. The third kappa shape index (κ3) is 9.39. The molecule has 0 saturated heterocycles. The number of carbonyl (C=O) groups excluding carboxylic acids is 2. The Morgan fingerprint density at radius 1 is 1.00 bits per heavy atom. The van der Waals surface area contributed by atoms with Crippen LogP contribution in [0, 0.1) is 5.92 Å². The minimum Gasteiger partial charge on any atom is -0.492 e. The van der Waals surface area contributed by atoms with Crippen molar-refractivity contribution in [3.63, 3.8) is 0 Å². The number of ether oxygens (including phenoxy) is 1. The first kappa shape index (κ1) is 30.2. The van der Waals surface area contributed by atoms with Gasteiger partial charge in [0.1, 0.15) is 11.8 Å². The van der Waals surface area contributed by atoms with Gasteiger partial charge in [-0.15, -0.1) is 0 Å². The van der Waals surface area contributed by atoms with Crippen LogP contribution in [0.25, 0.3) is 0 Å². The van der Waals surface area contributed by atoms with E-state index in [4.69, 9.17) is 4.74 Å². The number of rotatable bonds is 15. The van der Waals surface area contributed by atoms with Gasteiger partial charge < -0.3 is 15.0 Å². The largest absolute Gasteiger partial charge is 0.492 e. The van der Waals surface area contributed by atoms with E-state index in [2.05, 4.69) is 5.32 Å². The molecule has 0 aliphatic heterocycles. The van der Waals surface area contributed by atoms with Crippen LogP contribution in [0.5, 0.6) is 5.75 Å². The fourth-order valence-electron chi connectivity index (χ4n) is 4.05. The van der Waals surface area contributed by atoms with Crippen LogP contribution in [0.2, 0.25) is 0 Å². The summed E-state index contributed by atoms with van der Waals surface area (Å²) in [6, 6.07) is 15.9. The van der Waals surface area contributed by atoms with E-state index in [-0.39, 0.29) is 24.8 Å². The van der Waals surface area contributed by atoms with Crippen molar-refractivity contribution < 1.29 is 22.7 Å². The van der Waals surface area contributed by atoms with Gasteiger partial charge in [0, 0.05) is 26.1 Å². The van der Waals surface area contributed by atoms with Gasteiger partial charge in [0.15, 0.2) is 0 Å². The summed E-state index contributed by atoms with van der Waals surface area (Å²) in [5, 5.41) is 2.95. The number of sulfonamides is 1. The van der Waals surface area contributed by atoms with Crippen LogP contribution in [0.4, 0.5) is 5.69 Å². The summed E-state index contributed by atoms with van der Waals surface area (Å²) in [5.41, 5.74) is 1.37. The standard InChI is InChI=1S/C28H41N3O5S/c1-6-24(28(33)29-20-22(3)4)30(21-23-14-9-8-10-15-23)27(32)18-13-19-31(37(5,34)35)25-16-11-12-17-26(25)36-7-2/h8-12,14-17,22,24H,6-7,13,18-21H2,1-5H3,(H,29,33)/t24-/m0/s1. The Balaban J connectivity index is 2.21. The molecule has 2 amide bonds. The molecule has 0 spiro atoms. The molecule has 0 fully saturated rings. The van der Waals surface area contributed by atoms with E-state index in [1.807, 2.05) is 58.0 Å². The Bertz CT molecular complexity index is 1110. The normalized spacial score (nSPS) is 12.2. The molecule has 0 bridgehead atoms.